The molecular formula is C19H24N4O6S. The lowest BCUT2D eigenvalue weighted by atomic mass is 9.99. The minimum absolute atomic E-state index is 0.0363. The molecule has 1 amide bonds. The Morgan fingerprint density at radius 2 is 1.93 bits per heavy atom. The Morgan fingerprint density at radius 3 is 2.60 bits per heavy atom. The number of piperidine rings is 1. The van der Waals surface area contributed by atoms with Gasteiger partial charge in [-0.05, 0) is 43.9 Å². The third-order valence-corrected chi connectivity index (χ3v) is 7.10. The van der Waals surface area contributed by atoms with Crippen LogP contribution in [0.25, 0.3) is 0 Å². The first-order valence-electron chi connectivity index (χ1n) is 9.57. The Balaban J connectivity index is 1.65. The van der Waals surface area contributed by atoms with Gasteiger partial charge in [0.1, 0.15) is 5.75 Å². The number of aromatic amines is 2. The van der Waals surface area contributed by atoms with Crippen molar-refractivity contribution in [3.63, 3.8) is 0 Å². The summed E-state index contributed by atoms with van der Waals surface area (Å²) in [6, 6.07) is 6.67. The average molecular weight is 436 g/mol. The van der Waals surface area contributed by atoms with Crippen LogP contribution in [0.4, 0.5) is 0 Å². The van der Waals surface area contributed by atoms with Crippen LogP contribution in [0, 0.1) is 12.8 Å². The molecule has 1 aliphatic heterocycles. The number of nitrogens with one attached hydrogen (secondary N) is 3. The van der Waals surface area contributed by atoms with Gasteiger partial charge in [0.05, 0.1) is 5.92 Å². The second kappa shape index (κ2) is 8.84. The van der Waals surface area contributed by atoms with Gasteiger partial charge in [0.25, 0.3) is 5.56 Å². The second-order valence-electron chi connectivity index (χ2n) is 7.27. The molecular weight excluding hydrogens is 412 g/mol. The summed E-state index contributed by atoms with van der Waals surface area (Å²) in [5.41, 5.74) is -0.837. The van der Waals surface area contributed by atoms with E-state index in [0.717, 1.165) is 9.87 Å². The number of aryl methyl sites for hydroxylation is 1. The Bertz CT molecular complexity index is 1140. The predicted octanol–water partition coefficient (Wildman–Crippen LogP) is -0.163. The van der Waals surface area contributed by atoms with Crippen LogP contribution in [-0.2, 0) is 21.2 Å². The zero-order valence-electron chi connectivity index (χ0n) is 16.5. The molecule has 0 unspecified atom stereocenters. The molecule has 2 heterocycles. The molecule has 1 fully saturated rings. The fraction of sp³-hybridized carbons (Fsp3) is 0.421. The van der Waals surface area contributed by atoms with Crippen molar-refractivity contribution in [3.8, 4) is 5.75 Å². The van der Waals surface area contributed by atoms with Crippen LogP contribution in [0.15, 0.2) is 38.8 Å². The van der Waals surface area contributed by atoms with E-state index in [-0.39, 0.29) is 30.4 Å². The summed E-state index contributed by atoms with van der Waals surface area (Å²) in [5, 5.41) is 12.1. The highest BCUT2D eigenvalue weighted by molar-refractivity contribution is 7.89. The zero-order chi connectivity index (χ0) is 21.9. The molecule has 4 N–H and O–H groups in total. The van der Waals surface area contributed by atoms with E-state index >= 15 is 0 Å². The molecule has 11 heteroatoms. The monoisotopic (exact) mass is 436 g/mol. The summed E-state index contributed by atoms with van der Waals surface area (Å²) in [6.07, 6.45) is 1.60. The van der Waals surface area contributed by atoms with Gasteiger partial charge in [-0.25, -0.2) is 13.2 Å². The van der Waals surface area contributed by atoms with Crippen LogP contribution < -0.4 is 16.6 Å². The van der Waals surface area contributed by atoms with Gasteiger partial charge in [0.15, 0.2) is 4.90 Å². The number of nitrogens with zero attached hydrogens (tertiary/aromatic N) is 1. The molecule has 3 rings (SSSR count). The summed E-state index contributed by atoms with van der Waals surface area (Å²) >= 11 is 0. The van der Waals surface area contributed by atoms with Crippen molar-refractivity contribution >= 4 is 15.9 Å². The fourth-order valence-electron chi connectivity index (χ4n) is 3.54. The maximum atomic E-state index is 13.0. The molecule has 30 heavy (non-hydrogen) atoms. The average Bonchev–Trinajstić information content (AvgIpc) is 2.68. The molecule has 0 aliphatic carbocycles. The van der Waals surface area contributed by atoms with Gasteiger partial charge in [0.2, 0.25) is 15.9 Å². The third-order valence-electron chi connectivity index (χ3n) is 5.08. The largest absolute Gasteiger partial charge is 0.508 e. The molecule has 0 radical (unpaired) electrons. The Hall–Kier alpha value is -2.92. The van der Waals surface area contributed by atoms with Gasteiger partial charge in [-0.2, -0.15) is 4.31 Å². The number of hydrogen-bond acceptors (Lipinski definition) is 6. The summed E-state index contributed by atoms with van der Waals surface area (Å²) < 4.78 is 27.1. The molecule has 1 saturated heterocycles. The molecule has 1 atom stereocenters. The minimum atomic E-state index is -4.16. The summed E-state index contributed by atoms with van der Waals surface area (Å²) in [4.78, 5) is 39.7. The Morgan fingerprint density at radius 1 is 1.23 bits per heavy atom. The number of carbonyl (C=O) groups is 1. The van der Waals surface area contributed by atoms with E-state index in [9.17, 15) is 27.9 Å². The quantitative estimate of drug-likeness (QED) is 0.494. The van der Waals surface area contributed by atoms with Crippen LogP contribution >= 0.6 is 0 Å². The first kappa shape index (κ1) is 21.8. The maximum absolute atomic E-state index is 13.0. The lowest BCUT2D eigenvalue weighted by Gasteiger charge is -2.31. The highest BCUT2D eigenvalue weighted by atomic mass is 32.2. The van der Waals surface area contributed by atoms with Gasteiger partial charge in [-0.15, -0.1) is 0 Å². The van der Waals surface area contributed by atoms with Gasteiger partial charge in [-0.3, -0.25) is 14.6 Å². The smallest absolute Gasteiger partial charge is 0.325 e. The summed E-state index contributed by atoms with van der Waals surface area (Å²) in [5.74, 6) is -0.612. The fourth-order valence-corrected chi connectivity index (χ4v) is 5.27. The molecule has 2 aromatic rings. The highest BCUT2D eigenvalue weighted by Gasteiger charge is 2.35. The third kappa shape index (κ3) is 4.79. The number of phenols is 1. The van der Waals surface area contributed by atoms with Crippen molar-refractivity contribution < 1.29 is 18.3 Å². The first-order valence-corrected chi connectivity index (χ1v) is 11.0. The Kier molecular flexibility index (Phi) is 6.42. The normalized spacial score (nSPS) is 17.6. The molecule has 162 valence electrons. The molecule has 1 aromatic heterocycles. The van der Waals surface area contributed by atoms with E-state index in [1.807, 2.05) is 4.98 Å². The van der Waals surface area contributed by atoms with Crippen LogP contribution in [0.1, 0.15) is 24.1 Å². The van der Waals surface area contributed by atoms with E-state index in [4.69, 9.17) is 0 Å². The van der Waals surface area contributed by atoms with Crippen LogP contribution in [0.5, 0.6) is 5.75 Å². The first-order chi connectivity index (χ1) is 14.2. The lowest BCUT2D eigenvalue weighted by molar-refractivity contribution is -0.126. The Labute approximate surface area is 173 Å². The number of hydrogen-bond donors (Lipinski definition) is 4. The standard InChI is InChI=1S/C19H24N4O6S/c1-12-16(18(26)22-19(27)21-12)30(28,29)23-10-2-3-14(11-23)17(25)20-9-8-13-4-6-15(24)7-5-13/h4-7,14,24H,2-3,8-11H2,1H3,(H,20,25)(H2,21,22,26,27)/t14-/m0/s1. The van der Waals surface area contributed by atoms with Gasteiger partial charge in [-0.1, -0.05) is 12.1 Å². The van der Waals surface area contributed by atoms with Crippen LogP contribution in [0.2, 0.25) is 0 Å². The van der Waals surface area contributed by atoms with Gasteiger partial charge < -0.3 is 15.4 Å². The number of amides is 1. The lowest BCUT2D eigenvalue weighted by Crippen LogP contribution is -2.47. The highest BCUT2D eigenvalue weighted by Crippen LogP contribution is 2.23. The molecule has 0 saturated carbocycles. The minimum Gasteiger partial charge on any atom is -0.508 e. The molecule has 0 bridgehead atoms. The SMILES string of the molecule is Cc1[nH]c(=O)[nH]c(=O)c1S(=O)(=O)N1CCC[C@H](C(=O)NCCc2ccc(O)cc2)C1. The summed E-state index contributed by atoms with van der Waals surface area (Å²) in [7, 11) is -4.16. The van der Waals surface area contributed by atoms with E-state index < -0.39 is 32.1 Å². The number of phenolic OH excluding ortho intramolecular Hbond substituents is 1. The van der Waals surface area contributed by atoms with Crippen LogP contribution in [0.3, 0.4) is 0 Å². The summed E-state index contributed by atoms with van der Waals surface area (Å²) in [6.45, 7) is 1.88. The van der Waals surface area contributed by atoms with Gasteiger partial charge in [0, 0.05) is 25.3 Å². The predicted molar refractivity (Wildman–Crippen MR) is 109 cm³/mol. The van der Waals surface area contributed by atoms with Crippen molar-refractivity contribution in [2.24, 2.45) is 5.92 Å². The van der Waals surface area contributed by atoms with E-state index in [2.05, 4.69) is 10.3 Å². The number of aromatic nitrogens is 2. The van der Waals surface area contributed by atoms with Crippen LogP contribution in [-0.4, -0.2) is 53.3 Å². The number of benzene rings is 1. The molecule has 1 aliphatic rings. The van der Waals surface area contributed by atoms with E-state index in [1.54, 1.807) is 24.3 Å². The number of rotatable bonds is 6. The zero-order valence-corrected chi connectivity index (χ0v) is 17.3. The van der Waals surface area contributed by atoms with Crippen molar-refractivity contribution in [1.82, 2.24) is 19.6 Å². The number of H-pyrrole nitrogens is 2. The molecule has 0 spiro atoms. The number of carbonyl (C=O) groups excluding carboxylic acids is 1. The number of sulfonamides is 1. The van der Waals surface area contributed by atoms with E-state index in [0.29, 0.717) is 25.8 Å². The van der Waals surface area contributed by atoms with Crippen molar-refractivity contribution in [2.75, 3.05) is 19.6 Å². The van der Waals surface area contributed by atoms with Gasteiger partial charge >= 0.3 is 5.69 Å². The van der Waals surface area contributed by atoms with Crippen molar-refractivity contribution in [3.05, 3.63) is 56.4 Å². The number of aromatic hydroxyl groups is 1. The van der Waals surface area contributed by atoms with Crippen molar-refractivity contribution in [2.45, 2.75) is 31.1 Å². The topological polar surface area (TPSA) is 152 Å². The maximum Gasteiger partial charge on any atom is 0.325 e. The van der Waals surface area contributed by atoms with E-state index in [1.165, 1.54) is 6.92 Å². The molecule has 1 aromatic carbocycles. The molecule has 10 nitrogen and oxygen atoms in total. The second-order valence-corrected chi connectivity index (χ2v) is 9.15. The van der Waals surface area contributed by atoms with Crippen molar-refractivity contribution in [1.29, 1.82) is 0 Å².